The maximum absolute atomic E-state index is 6.51. The summed E-state index contributed by atoms with van der Waals surface area (Å²) in [6, 6.07) is 0. The molecule has 0 aliphatic carbocycles. The van der Waals surface area contributed by atoms with Gasteiger partial charge in [-0.25, -0.2) is 0 Å². The molecule has 0 aromatic rings. The fourth-order valence-corrected chi connectivity index (χ4v) is 8.07. The first kappa shape index (κ1) is 66.7. The molecule has 0 aromatic heterocycles. The predicted molar refractivity (Wildman–Crippen MR) is 291 cm³/mol. The molecule has 0 aromatic carbocycles. The lowest BCUT2D eigenvalue weighted by Gasteiger charge is -2.45. The number of hydrogen-bond acceptors (Lipinski definition) is 3. The van der Waals surface area contributed by atoms with Crippen LogP contribution in [-0.4, -0.2) is 70.8 Å². The van der Waals surface area contributed by atoms with Crippen LogP contribution in [0.2, 0.25) is 0 Å². The van der Waals surface area contributed by atoms with Crippen LogP contribution >= 0.6 is 0 Å². The maximum Gasteiger partial charge on any atom is 0.169 e. The van der Waals surface area contributed by atoms with Gasteiger partial charge in [0.15, 0.2) is 5.54 Å². The topological polar surface area (TPSA) is 27.7 Å². The van der Waals surface area contributed by atoms with E-state index >= 15 is 0 Å². The van der Waals surface area contributed by atoms with Crippen LogP contribution in [0.1, 0.15) is 252 Å². The summed E-state index contributed by atoms with van der Waals surface area (Å²) in [6.45, 7) is 11.3. The Labute approximate surface area is 420 Å². The van der Waals surface area contributed by atoms with Crippen molar-refractivity contribution in [1.29, 1.82) is 0 Å². The number of ether oxygens (including phenoxy) is 3. The molecule has 0 saturated heterocycles. The van der Waals surface area contributed by atoms with E-state index in [9.17, 15) is 0 Å². The number of allylic oxidation sites excluding steroid dienone is 12. The van der Waals surface area contributed by atoms with Crippen molar-refractivity contribution in [3.8, 4) is 0 Å². The highest BCUT2D eigenvalue weighted by Gasteiger charge is 2.44. The molecule has 0 aliphatic rings. The summed E-state index contributed by atoms with van der Waals surface area (Å²) in [6.07, 6.45) is 73.9. The molecule has 0 radical (unpaired) electrons. The molecule has 4 nitrogen and oxygen atoms in total. The number of rotatable bonds is 52. The Morgan fingerprint density at radius 1 is 0.288 bits per heavy atom. The molecule has 5 heteroatoms. The Hall–Kier alpha value is -1.43. The molecule has 0 spiro atoms. The van der Waals surface area contributed by atoms with Gasteiger partial charge in [0.05, 0.1) is 21.1 Å². The van der Waals surface area contributed by atoms with E-state index in [2.05, 4.69) is 115 Å². The van der Waals surface area contributed by atoms with E-state index in [1.165, 1.54) is 193 Å². The van der Waals surface area contributed by atoms with Gasteiger partial charge >= 0.3 is 0 Å². The zero-order valence-corrected chi connectivity index (χ0v) is 45.9. The molecule has 388 valence electrons. The quantitative estimate of drug-likeness (QED) is 0.0345. The number of nitrogens with zero attached hydrogens (tertiary/aromatic N) is 1. The summed E-state index contributed by atoms with van der Waals surface area (Å²) < 4.78 is 20.3. The Bertz CT molecular complexity index is 992. The van der Waals surface area contributed by atoms with Crippen LogP contribution in [0.25, 0.3) is 0 Å². The van der Waals surface area contributed by atoms with E-state index in [1.807, 2.05) is 0 Å². The second-order valence-electron chi connectivity index (χ2n) is 20.1. The SMILES string of the molecule is CCCCC/C=C\C/C=C\CCCCCCCCOCC(COCCCCCCCC/C=C\C/C=C\CCCCC)(COCCCCCCCC/C=C\C/C=C\CCCCC)[N+](C)(C)C.[Cl-]. The molecule has 0 fully saturated rings. The lowest BCUT2D eigenvalue weighted by Crippen LogP contribution is -3.00. The van der Waals surface area contributed by atoms with E-state index in [0.717, 1.165) is 62.8 Å². The first-order chi connectivity index (χ1) is 31.9. The van der Waals surface area contributed by atoms with Crippen LogP contribution in [0, 0.1) is 0 Å². The van der Waals surface area contributed by atoms with Crippen molar-refractivity contribution in [1.82, 2.24) is 0 Å². The van der Waals surface area contributed by atoms with Crippen LogP contribution < -0.4 is 12.4 Å². The van der Waals surface area contributed by atoms with Crippen LogP contribution in [0.5, 0.6) is 0 Å². The van der Waals surface area contributed by atoms with Gasteiger partial charge in [-0.3, -0.25) is 0 Å². The van der Waals surface area contributed by atoms with Crippen molar-refractivity contribution in [3.05, 3.63) is 72.9 Å². The van der Waals surface area contributed by atoms with Crippen LogP contribution in [0.4, 0.5) is 0 Å². The number of quaternary nitrogens is 1. The number of unbranched alkanes of at least 4 members (excludes halogenated alkanes) is 27. The smallest absolute Gasteiger partial charge is 0.169 e. The van der Waals surface area contributed by atoms with Gasteiger partial charge in [0.25, 0.3) is 0 Å². The molecule has 0 unspecified atom stereocenters. The molecule has 0 heterocycles. The highest BCUT2D eigenvalue weighted by molar-refractivity contribution is 4.94. The molecule has 0 bridgehead atoms. The normalized spacial score (nSPS) is 12.8. The van der Waals surface area contributed by atoms with Crippen LogP contribution in [-0.2, 0) is 14.2 Å². The lowest BCUT2D eigenvalue weighted by molar-refractivity contribution is -0.926. The zero-order chi connectivity index (χ0) is 47.3. The molecule has 0 amide bonds. The van der Waals surface area contributed by atoms with Gasteiger partial charge < -0.3 is 31.1 Å². The summed E-state index contributed by atoms with van der Waals surface area (Å²) >= 11 is 0. The molecule has 0 aliphatic heterocycles. The summed E-state index contributed by atoms with van der Waals surface area (Å²) in [5, 5.41) is 0. The van der Waals surface area contributed by atoms with Crippen molar-refractivity contribution >= 4 is 0 Å². The van der Waals surface area contributed by atoms with E-state index < -0.39 is 0 Å². The fourth-order valence-electron chi connectivity index (χ4n) is 8.07. The highest BCUT2D eigenvalue weighted by Crippen LogP contribution is 2.23. The van der Waals surface area contributed by atoms with E-state index in [1.54, 1.807) is 0 Å². The minimum Gasteiger partial charge on any atom is -1.00 e. The fraction of sp³-hybridized carbons (Fsp3) is 0.803. The van der Waals surface area contributed by atoms with Crippen molar-refractivity contribution in [3.63, 3.8) is 0 Å². The third kappa shape index (κ3) is 47.6. The van der Waals surface area contributed by atoms with E-state index in [0.29, 0.717) is 19.8 Å². The molecular formula is C61H114ClNO3. The van der Waals surface area contributed by atoms with E-state index in [-0.39, 0.29) is 17.9 Å². The lowest BCUT2D eigenvalue weighted by atomic mass is 9.98. The summed E-state index contributed by atoms with van der Waals surface area (Å²) in [5.74, 6) is 0. The minimum atomic E-state index is -0.213. The molecule has 0 N–H and O–H groups in total. The van der Waals surface area contributed by atoms with Crippen molar-refractivity contribution < 1.29 is 31.1 Å². The third-order valence-corrected chi connectivity index (χ3v) is 13.0. The first-order valence-corrected chi connectivity index (χ1v) is 28.4. The Morgan fingerprint density at radius 3 is 0.727 bits per heavy atom. The van der Waals surface area contributed by atoms with Crippen molar-refractivity contribution in [2.75, 3.05) is 60.8 Å². The summed E-state index contributed by atoms with van der Waals surface area (Å²) in [7, 11) is 6.91. The number of halogens is 1. The zero-order valence-electron chi connectivity index (χ0n) is 45.2. The molecular weight excluding hydrogens is 830 g/mol. The standard InChI is InChI=1S/C61H114NO3.ClH/c1-7-10-13-16-19-22-25-28-31-34-37-40-43-46-49-52-55-63-58-61(62(4,5)6,59-64-56-53-50-47-44-41-38-35-32-29-26-23-20-17-14-11-8-2)60-65-57-54-51-48-45-42-39-36-33-30-27-24-21-18-15-12-9-3;/h19-24,28-33H,7-18,25-27,34-60H2,1-6H3;1H/q+1;/p-1/b22-19-,23-20-,24-21-,31-28-,32-29-,33-30-;. The van der Waals surface area contributed by atoms with Gasteiger partial charge in [0, 0.05) is 19.8 Å². The Balaban J connectivity index is 0. The number of likely N-dealkylation sites (N-methyl/N-ethyl adjacent to an activating group) is 1. The third-order valence-electron chi connectivity index (χ3n) is 13.0. The Morgan fingerprint density at radius 2 is 0.500 bits per heavy atom. The monoisotopic (exact) mass is 944 g/mol. The minimum absolute atomic E-state index is 0. The van der Waals surface area contributed by atoms with Gasteiger partial charge in [0.1, 0.15) is 19.8 Å². The Kier molecular flexibility index (Phi) is 55.0. The number of hydrogen-bond donors (Lipinski definition) is 0. The van der Waals surface area contributed by atoms with Gasteiger partial charge in [0.2, 0.25) is 0 Å². The average molecular weight is 945 g/mol. The largest absolute Gasteiger partial charge is 1.00 e. The van der Waals surface area contributed by atoms with Crippen molar-refractivity contribution in [2.24, 2.45) is 0 Å². The van der Waals surface area contributed by atoms with E-state index in [4.69, 9.17) is 14.2 Å². The summed E-state index contributed by atoms with van der Waals surface area (Å²) in [5.41, 5.74) is -0.213. The molecule has 66 heavy (non-hydrogen) atoms. The maximum atomic E-state index is 6.51. The molecule has 0 atom stereocenters. The predicted octanol–water partition coefficient (Wildman–Crippen LogP) is 15.9. The highest BCUT2D eigenvalue weighted by atomic mass is 35.5. The van der Waals surface area contributed by atoms with Gasteiger partial charge in [-0.05, 0) is 116 Å². The summed E-state index contributed by atoms with van der Waals surface area (Å²) in [4.78, 5) is 0. The van der Waals surface area contributed by atoms with Crippen LogP contribution in [0.3, 0.4) is 0 Å². The second kappa shape index (κ2) is 54.5. The van der Waals surface area contributed by atoms with Gasteiger partial charge in [-0.2, -0.15) is 0 Å². The second-order valence-corrected chi connectivity index (χ2v) is 20.1. The first-order valence-electron chi connectivity index (χ1n) is 28.4. The molecule has 0 rings (SSSR count). The van der Waals surface area contributed by atoms with Gasteiger partial charge in [-0.15, -0.1) is 0 Å². The van der Waals surface area contributed by atoms with Crippen LogP contribution in [0.15, 0.2) is 72.9 Å². The average Bonchev–Trinajstić information content (AvgIpc) is 3.29. The van der Waals surface area contributed by atoms with Gasteiger partial charge in [-0.1, -0.05) is 209 Å². The van der Waals surface area contributed by atoms with Crippen molar-refractivity contribution in [2.45, 2.75) is 257 Å². The molecule has 0 saturated carbocycles.